The lowest BCUT2D eigenvalue weighted by Gasteiger charge is -2.11. The van der Waals surface area contributed by atoms with Gasteiger partial charge >= 0.3 is 0 Å². The van der Waals surface area contributed by atoms with Crippen LogP contribution in [0.3, 0.4) is 0 Å². The van der Waals surface area contributed by atoms with E-state index >= 15 is 0 Å². The molecule has 0 unspecified atom stereocenters. The number of nitrogens with zero attached hydrogens (tertiary/aromatic N) is 3. The molecule has 0 bridgehead atoms. The van der Waals surface area contributed by atoms with Crippen molar-refractivity contribution in [1.29, 1.82) is 5.26 Å². The fourth-order valence-electron chi connectivity index (χ4n) is 4.13. The third kappa shape index (κ3) is 5.55. The number of benzene rings is 3. The quantitative estimate of drug-likeness (QED) is 0.214. The Balaban J connectivity index is 1.34. The van der Waals surface area contributed by atoms with Crippen molar-refractivity contribution in [1.82, 2.24) is 15.1 Å². The first kappa shape index (κ1) is 26.6. The molecule has 1 amide bonds. The molecule has 4 aromatic rings. The van der Waals surface area contributed by atoms with E-state index in [0.717, 1.165) is 0 Å². The van der Waals surface area contributed by atoms with Crippen LogP contribution in [0.1, 0.15) is 38.4 Å². The first-order valence-electron chi connectivity index (χ1n) is 12.4. The van der Waals surface area contributed by atoms with Gasteiger partial charge in [0, 0.05) is 29.2 Å². The summed E-state index contributed by atoms with van der Waals surface area (Å²) in [6, 6.07) is 20.7. The van der Waals surface area contributed by atoms with Gasteiger partial charge in [-0.3, -0.25) is 9.59 Å². The maximum absolute atomic E-state index is 13.5. The molecule has 0 spiro atoms. The van der Waals surface area contributed by atoms with Crippen LogP contribution >= 0.6 is 11.6 Å². The second-order valence-corrected chi connectivity index (χ2v) is 9.17. The van der Waals surface area contributed by atoms with Crippen molar-refractivity contribution in [2.75, 3.05) is 32.3 Å². The van der Waals surface area contributed by atoms with Gasteiger partial charge in [-0.25, -0.2) is 4.68 Å². The summed E-state index contributed by atoms with van der Waals surface area (Å²) in [5.74, 6) is 1.39. The predicted octanol–water partition coefficient (Wildman–Crippen LogP) is 4.60. The van der Waals surface area contributed by atoms with Crippen molar-refractivity contribution < 1.29 is 23.8 Å². The Morgan fingerprint density at radius 2 is 1.75 bits per heavy atom. The molecule has 0 atom stereocenters. The van der Waals surface area contributed by atoms with E-state index in [0.29, 0.717) is 64.4 Å². The highest BCUT2D eigenvalue weighted by Gasteiger charge is 2.26. The summed E-state index contributed by atoms with van der Waals surface area (Å²) < 4.78 is 17.4. The van der Waals surface area contributed by atoms with Gasteiger partial charge in [-0.2, -0.15) is 10.4 Å². The first-order chi connectivity index (χ1) is 19.5. The van der Waals surface area contributed by atoms with Crippen molar-refractivity contribution in [3.63, 3.8) is 0 Å². The number of carbonyl (C=O) groups excluding carboxylic acids is 2. The number of ketones is 1. The van der Waals surface area contributed by atoms with Crippen LogP contribution in [-0.2, 0) is 0 Å². The van der Waals surface area contributed by atoms with Gasteiger partial charge in [0.05, 0.1) is 12.8 Å². The highest BCUT2D eigenvalue weighted by atomic mass is 35.5. The van der Waals surface area contributed by atoms with Gasteiger partial charge in [0.15, 0.2) is 17.2 Å². The predicted molar refractivity (Wildman–Crippen MR) is 148 cm³/mol. The van der Waals surface area contributed by atoms with Crippen LogP contribution in [0.15, 0.2) is 66.7 Å². The molecule has 40 heavy (non-hydrogen) atoms. The largest absolute Gasteiger partial charge is 0.497 e. The Morgan fingerprint density at radius 3 is 2.48 bits per heavy atom. The molecule has 1 aliphatic heterocycles. The Morgan fingerprint density at radius 1 is 1.02 bits per heavy atom. The van der Waals surface area contributed by atoms with E-state index in [-0.39, 0.29) is 24.0 Å². The molecule has 2 heterocycles. The number of halogens is 1. The Hall–Kier alpha value is -5.01. The van der Waals surface area contributed by atoms with Gasteiger partial charge in [-0.1, -0.05) is 11.6 Å². The summed E-state index contributed by atoms with van der Waals surface area (Å²) in [6.45, 7) is 0.864. The molecule has 1 aromatic heterocycles. The maximum Gasteiger partial charge on any atom is 0.251 e. The van der Waals surface area contributed by atoms with Crippen molar-refractivity contribution in [2.45, 2.75) is 6.42 Å². The molecule has 0 saturated carbocycles. The van der Waals surface area contributed by atoms with E-state index in [1.54, 1.807) is 73.8 Å². The number of aromatic nitrogens is 2. The highest BCUT2D eigenvalue weighted by molar-refractivity contribution is 6.30. The number of methoxy groups -OCH3 is 1. The van der Waals surface area contributed by atoms with E-state index < -0.39 is 5.78 Å². The molecule has 0 saturated heterocycles. The van der Waals surface area contributed by atoms with E-state index in [4.69, 9.17) is 25.8 Å². The lowest BCUT2D eigenvalue weighted by Crippen LogP contribution is -2.26. The number of nitrogens with one attached hydrogen (secondary N) is 2. The van der Waals surface area contributed by atoms with Crippen molar-refractivity contribution in [2.24, 2.45) is 0 Å². The molecule has 11 heteroatoms. The zero-order valence-corrected chi connectivity index (χ0v) is 22.2. The molecule has 0 aliphatic carbocycles. The Kier molecular flexibility index (Phi) is 7.84. The number of carbonyl (C=O) groups is 2. The van der Waals surface area contributed by atoms with E-state index in [1.807, 2.05) is 0 Å². The highest BCUT2D eigenvalue weighted by Crippen LogP contribution is 2.34. The first-order valence-corrected chi connectivity index (χ1v) is 12.8. The minimum absolute atomic E-state index is 0.00776. The van der Waals surface area contributed by atoms with E-state index in [9.17, 15) is 14.9 Å². The monoisotopic (exact) mass is 557 g/mol. The molecule has 202 valence electrons. The van der Waals surface area contributed by atoms with Gasteiger partial charge in [-0.15, -0.1) is 0 Å². The molecule has 10 nitrogen and oxygen atoms in total. The molecule has 3 aromatic carbocycles. The van der Waals surface area contributed by atoms with E-state index in [1.165, 1.54) is 4.68 Å². The molecule has 0 fully saturated rings. The average molecular weight is 558 g/mol. The number of anilines is 1. The van der Waals surface area contributed by atoms with Gasteiger partial charge in [-0.05, 0) is 73.2 Å². The van der Waals surface area contributed by atoms with Gasteiger partial charge in [0.1, 0.15) is 23.2 Å². The molecule has 0 radical (unpaired) electrons. The third-order valence-electron chi connectivity index (χ3n) is 6.20. The standard InChI is InChI=1S/C29H24ClN5O5/c1-38-22-10-3-18(4-11-22)29(37)33-14-2-13-32-28-23(16-31)26(34-35(28)21-8-6-20(30)7-9-21)27(36)19-5-12-24-25(15-19)40-17-39-24/h3-12,15,32H,2,13-14,17H2,1H3,(H,33,37). The number of amides is 1. The van der Waals surface area contributed by atoms with Crippen LogP contribution in [0.4, 0.5) is 5.82 Å². The molecule has 5 rings (SSSR count). The van der Waals surface area contributed by atoms with Crippen molar-refractivity contribution in [3.8, 4) is 29.0 Å². The van der Waals surface area contributed by atoms with Crippen LogP contribution in [0.25, 0.3) is 5.69 Å². The summed E-state index contributed by atoms with van der Waals surface area (Å²) in [7, 11) is 1.56. The van der Waals surface area contributed by atoms with Crippen LogP contribution in [0.5, 0.6) is 17.2 Å². The number of hydrogen-bond donors (Lipinski definition) is 2. The topological polar surface area (TPSA) is 128 Å². The number of fused-ring (bicyclic) bond motifs is 1. The summed E-state index contributed by atoms with van der Waals surface area (Å²) >= 11 is 6.07. The van der Waals surface area contributed by atoms with Gasteiger partial charge < -0.3 is 24.8 Å². The second-order valence-electron chi connectivity index (χ2n) is 8.73. The van der Waals surface area contributed by atoms with Crippen molar-refractivity contribution >= 4 is 29.1 Å². The summed E-state index contributed by atoms with van der Waals surface area (Å²) in [6.07, 6.45) is 0.546. The van der Waals surface area contributed by atoms with Gasteiger partial charge in [0.2, 0.25) is 12.6 Å². The average Bonchev–Trinajstić information content (AvgIpc) is 3.61. The number of hydrogen-bond acceptors (Lipinski definition) is 8. The number of rotatable bonds is 10. The van der Waals surface area contributed by atoms with Crippen LogP contribution in [0, 0.1) is 11.3 Å². The van der Waals surface area contributed by atoms with E-state index in [2.05, 4.69) is 21.8 Å². The van der Waals surface area contributed by atoms with Crippen LogP contribution in [0.2, 0.25) is 5.02 Å². The normalized spacial score (nSPS) is 11.5. The maximum atomic E-state index is 13.5. The Bertz CT molecular complexity index is 1590. The fourth-order valence-corrected chi connectivity index (χ4v) is 4.26. The fraction of sp³-hybridized carbons (Fsp3) is 0.172. The molecular weight excluding hydrogens is 534 g/mol. The molecular formula is C29H24ClN5O5. The smallest absolute Gasteiger partial charge is 0.251 e. The number of nitriles is 1. The third-order valence-corrected chi connectivity index (χ3v) is 6.45. The minimum Gasteiger partial charge on any atom is -0.497 e. The van der Waals surface area contributed by atoms with Gasteiger partial charge in [0.25, 0.3) is 5.91 Å². The van der Waals surface area contributed by atoms with Crippen LogP contribution < -0.4 is 24.8 Å². The zero-order valence-electron chi connectivity index (χ0n) is 21.4. The lowest BCUT2D eigenvalue weighted by molar-refractivity contribution is 0.0952. The van der Waals surface area contributed by atoms with Crippen molar-refractivity contribution in [3.05, 3.63) is 94.1 Å². The van der Waals surface area contributed by atoms with Crippen LogP contribution in [-0.4, -0.2) is 48.5 Å². The summed E-state index contributed by atoms with van der Waals surface area (Å²) in [4.78, 5) is 25.9. The summed E-state index contributed by atoms with van der Waals surface area (Å²) in [5.41, 5.74) is 1.54. The summed E-state index contributed by atoms with van der Waals surface area (Å²) in [5, 5.41) is 21.2. The second kappa shape index (κ2) is 11.8. The molecule has 2 N–H and O–H groups in total. The zero-order chi connectivity index (χ0) is 28.1. The minimum atomic E-state index is -0.433. The number of ether oxygens (including phenoxy) is 3. The lowest BCUT2D eigenvalue weighted by atomic mass is 10.0. The molecule has 1 aliphatic rings. The Labute approximate surface area is 235 Å². The SMILES string of the molecule is COc1ccc(C(=O)NCCCNc2c(C#N)c(C(=O)c3ccc4c(c3)OCO4)nn2-c2ccc(Cl)cc2)cc1.